The van der Waals surface area contributed by atoms with E-state index in [0.29, 0.717) is 25.1 Å². The van der Waals surface area contributed by atoms with Crippen molar-refractivity contribution in [3.63, 3.8) is 0 Å². The van der Waals surface area contributed by atoms with Gasteiger partial charge in [-0.3, -0.25) is 14.6 Å². The Morgan fingerprint density at radius 1 is 1.09 bits per heavy atom. The lowest BCUT2D eigenvalue weighted by molar-refractivity contribution is -0.157. The van der Waals surface area contributed by atoms with Crippen molar-refractivity contribution < 1.29 is 14.3 Å². The van der Waals surface area contributed by atoms with Crippen LogP contribution in [-0.4, -0.2) is 53.5 Å². The second-order valence-corrected chi connectivity index (χ2v) is 8.01. The molecule has 168 valence electrons. The van der Waals surface area contributed by atoms with Crippen molar-refractivity contribution in [2.75, 3.05) is 26.2 Å². The van der Waals surface area contributed by atoms with Crippen LogP contribution in [-0.2, 0) is 16.0 Å². The van der Waals surface area contributed by atoms with Crippen LogP contribution in [0.3, 0.4) is 0 Å². The Balaban J connectivity index is 1.68. The number of pyridine rings is 1. The minimum Gasteiger partial charge on any atom is -0.361 e. The molecule has 2 heterocycles. The number of ether oxygens (including phenoxy) is 1. The van der Waals surface area contributed by atoms with Crippen LogP contribution in [0.15, 0.2) is 91.8 Å². The van der Waals surface area contributed by atoms with E-state index in [-0.39, 0.29) is 25.0 Å². The quantitative estimate of drug-likeness (QED) is 0.570. The normalized spacial score (nSPS) is 17.9. The van der Waals surface area contributed by atoms with Gasteiger partial charge in [0.1, 0.15) is 0 Å². The molecule has 2 amide bonds. The summed E-state index contributed by atoms with van der Waals surface area (Å²) in [6.45, 7) is 4.87. The largest absolute Gasteiger partial charge is 0.361 e. The van der Waals surface area contributed by atoms with Gasteiger partial charge in [0.2, 0.25) is 0 Å². The molecule has 4 rings (SSSR count). The zero-order valence-corrected chi connectivity index (χ0v) is 18.4. The van der Waals surface area contributed by atoms with E-state index in [9.17, 15) is 9.59 Å². The SMILES string of the molecule is C=CCNC(=O)C1(Cc2ccccc2-c2cccnc2)CN(C(=O)c2ccccc2)CCO1. The lowest BCUT2D eigenvalue weighted by Crippen LogP contribution is -2.62. The third kappa shape index (κ3) is 5.02. The molecule has 1 unspecified atom stereocenters. The van der Waals surface area contributed by atoms with Crippen LogP contribution in [0.25, 0.3) is 11.1 Å². The Morgan fingerprint density at radius 2 is 1.88 bits per heavy atom. The molecule has 1 N–H and O–H groups in total. The summed E-state index contributed by atoms with van der Waals surface area (Å²) < 4.78 is 6.18. The van der Waals surface area contributed by atoms with Gasteiger partial charge in [0.15, 0.2) is 5.60 Å². The highest BCUT2D eigenvalue weighted by Crippen LogP contribution is 2.30. The second kappa shape index (κ2) is 10.2. The fourth-order valence-corrected chi connectivity index (χ4v) is 4.16. The fraction of sp³-hybridized carbons (Fsp3) is 0.222. The van der Waals surface area contributed by atoms with E-state index in [4.69, 9.17) is 4.74 Å². The van der Waals surface area contributed by atoms with E-state index in [1.807, 2.05) is 54.6 Å². The Hall–Kier alpha value is -3.77. The van der Waals surface area contributed by atoms with Crippen molar-refractivity contribution in [3.8, 4) is 11.1 Å². The first kappa shape index (κ1) is 22.4. The first-order valence-electron chi connectivity index (χ1n) is 11.0. The zero-order valence-electron chi connectivity index (χ0n) is 18.4. The fourth-order valence-electron chi connectivity index (χ4n) is 4.16. The monoisotopic (exact) mass is 441 g/mol. The molecule has 0 bridgehead atoms. The molecular weight excluding hydrogens is 414 g/mol. The van der Waals surface area contributed by atoms with Gasteiger partial charge in [-0.1, -0.05) is 54.6 Å². The van der Waals surface area contributed by atoms with Gasteiger partial charge < -0.3 is 15.0 Å². The Bertz CT molecular complexity index is 1120. The van der Waals surface area contributed by atoms with Crippen LogP contribution in [0.2, 0.25) is 0 Å². The van der Waals surface area contributed by atoms with Crippen molar-refractivity contribution in [2.45, 2.75) is 12.0 Å². The smallest absolute Gasteiger partial charge is 0.254 e. The van der Waals surface area contributed by atoms with Gasteiger partial charge in [0.05, 0.1) is 13.2 Å². The van der Waals surface area contributed by atoms with Crippen molar-refractivity contribution in [2.24, 2.45) is 0 Å². The molecule has 6 nitrogen and oxygen atoms in total. The van der Waals surface area contributed by atoms with Crippen molar-refractivity contribution >= 4 is 11.8 Å². The van der Waals surface area contributed by atoms with Gasteiger partial charge in [-0.05, 0) is 29.3 Å². The number of hydrogen-bond acceptors (Lipinski definition) is 4. The second-order valence-electron chi connectivity index (χ2n) is 8.01. The molecule has 6 heteroatoms. The van der Waals surface area contributed by atoms with Crippen LogP contribution >= 0.6 is 0 Å². The Morgan fingerprint density at radius 3 is 2.64 bits per heavy atom. The topological polar surface area (TPSA) is 71.5 Å². The summed E-state index contributed by atoms with van der Waals surface area (Å²) in [5.74, 6) is -0.366. The summed E-state index contributed by atoms with van der Waals surface area (Å²) in [6, 6.07) is 20.9. The predicted octanol–water partition coefficient (Wildman–Crippen LogP) is 3.50. The molecule has 0 radical (unpaired) electrons. The highest BCUT2D eigenvalue weighted by molar-refractivity contribution is 5.95. The third-order valence-corrected chi connectivity index (χ3v) is 5.78. The van der Waals surface area contributed by atoms with Crippen molar-refractivity contribution in [3.05, 3.63) is 103 Å². The van der Waals surface area contributed by atoms with Gasteiger partial charge in [0, 0.05) is 43.0 Å². The highest BCUT2D eigenvalue weighted by atomic mass is 16.5. The first-order valence-corrected chi connectivity index (χ1v) is 11.0. The number of carbonyl (C=O) groups is 2. The molecular formula is C27H27N3O3. The maximum atomic E-state index is 13.4. The van der Waals surface area contributed by atoms with Gasteiger partial charge in [-0.2, -0.15) is 0 Å². The van der Waals surface area contributed by atoms with E-state index in [2.05, 4.69) is 16.9 Å². The molecule has 1 saturated heterocycles. The van der Waals surface area contributed by atoms with E-state index in [1.54, 1.807) is 35.5 Å². The highest BCUT2D eigenvalue weighted by Gasteiger charge is 2.45. The van der Waals surface area contributed by atoms with Gasteiger partial charge in [-0.25, -0.2) is 0 Å². The van der Waals surface area contributed by atoms with E-state index in [0.717, 1.165) is 16.7 Å². The van der Waals surface area contributed by atoms with Crippen molar-refractivity contribution in [1.82, 2.24) is 15.2 Å². The number of rotatable bonds is 7. The molecule has 0 spiro atoms. The van der Waals surface area contributed by atoms with Crippen LogP contribution < -0.4 is 5.32 Å². The molecule has 1 aromatic heterocycles. The van der Waals surface area contributed by atoms with Crippen molar-refractivity contribution in [1.29, 1.82) is 0 Å². The van der Waals surface area contributed by atoms with Gasteiger partial charge in [-0.15, -0.1) is 6.58 Å². The third-order valence-electron chi connectivity index (χ3n) is 5.78. The average Bonchev–Trinajstić information content (AvgIpc) is 2.88. The number of aromatic nitrogens is 1. The molecule has 1 fully saturated rings. The number of amides is 2. The molecule has 0 aliphatic carbocycles. The van der Waals surface area contributed by atoms with Gasteiger partial charge in [0.25, 0.3) is 11.8 Å². The molecule has 1 atom stereocenters. The minimum atomic E-state index is -1.22. The van der Waals surface area contributed by atoms with Gasteiger partial charge >= 0.3 is 0 Å². The van der Waals surface area contributed by atoms with Crippen LogP contribution in [0.1, 0.15) is 15.9 Å². The summed E-state index contributed by atoms with van der Waals surface area (Å²) in [7, 11) is 0. The number of carbonyl (C=O) groups excluding carboxylic acids is 2. The lowest BCUT2D eigenvalue weighted by atomic mass is 9.87. The van der Waals surface area contributed by atoms with E-state index >= 15 is 0 Å². The summed E-state index contributed by atoms with van der Waals surface area (Å²) in [5.41, 5.74) is 2.27. The number of benzene rings is 2. The number of nitrogens with zero attached hydrogens (tertiary/aromatic N) is 2. The molecule has 2 aromatic carbocycles. The number of morpholine rings is 1. The van der Waals surface area contributed by atoms with Crippen LogP contribution in [0, 0.1) is 0 Å². The summed E-state index contributed by atoms with van der Waals surface area (Å²) in [6.07, 6.45) is 5.48. The maximum Gasteiger partial charge on any atom is 0.254 e. The van der Waals surface area contributed by atoms with Crippen LogP contribution in [0.4, 0.5) is 0 Å². The lowest BCUT2D eigenvalue weighted by Gasteiger charge is -2.42. The standard InChI is InChI=1S/C27H27N3O3/c1-2-14-29-26(32)27(18-22-11-6-7-13-24(22)23-12-8-15-28-19-23)20-30(16-17-33-27)25(31)21-9-4-3-5-10-21/h2-13,15,19H,1,14,16-18,20H2,(H,29,32). The first-order chi connectivity index (χ1) is 16.1. The molecule has 1 aliphatic heterocycles. The van der Waals surface area contributed by atoms with E-state index < -0.39 is 5.60 Å². The summed E-state index contributed by atoms with van der Waals surface area (Å²) in [4.78, 5) is 32.5. The molecule has 1 aliphatic rings. The van der Waals surface area contributed by atoms with E-state index in [1.165, 1.54) is 0 Å². The zero-order chi connectivity index (χ0) is 23.1. The average molecular weight is 442 g/mol. The Labute approximate surface area is 193 Å². The minimum absolute atomic E-state index is 0.111. The molecule has 3 aromatic rings. The summed E-state index contributed by atoms with van der Waals surface area (Å²) in [5, 5.41) is 2.89. The Kier molecular flexibility index (Phi) is 6.95. The maximum absolute atomic E-state index is 13.4. The molecule has 0 saturated carbocycles. The molecule has 33 heavy (non-hydrogen) atoms. The number of nitrogens with one attached hydrogen (secondary N) is 1. The predicted molar refractivity (Wildman–Crippen MR) is 128 cm³/mol. The van der Waals surface area contributed by atoms with Crippen LogP contribution in [0.5, 0.6) is 0 Å². The summed E-state index contributed by atoms with van der Waals surface area (Å²) >= 11 is 0. The number of hydrogen-bond donors (Lipinski definition) is 1.